The van der Waals surface area contributed by atoms with Crippen LogP contribution in [-0.4, -0.2) is 78.7 Å². The Morgan fingerprint density at radius 2 is 1.91 bits per heavy atom. The van der Waals surface area contributed by atoms with Crippen molar-refractivity contribution >= 4 is 28.5 Å². The Bertz CT molecular complexity index is 1070. The van der Waals surface area contributed by atoms with Gasteiger partial charge in [0.15, 0.2) is 17.3 Å². The molecule has 0 atom stereocenters. The number of hydrogen-bond donors (Lipinski definition) is 3. The standard InChI is InChI=1S/C24H35N7O3/c1-4-17-14-22(30-29-17)27-23-18-15-20(33-3)21(34-12-7-11-31-9-5-6-10-31)16-19(18)26-24(28-23)25-8-13-32-2/h14-16H,4-13H2,1-3H3,(H3,25,26,27,28,29,30). The molecule has 3 N–H and O–H groups in total. The second kappa shape index (κ2) is 11.8. The number of aryl methyl sites for hydroxylation is 1. The van der Waals surface area contributed by atoms with Crippen molar-refractivity contribution in [3.63, 3.8) is 0 Å². The number of methoxy groups -OCH3 is 2. The third-order valence-electron chi connectivity index (χ3n) is 5.90. The van der Waals surface area contributed by atoms with Crippen LogP contribution in [0.25, 0.3) is 10.9 Å². The van der Waals surface area contributed by atoms with Crippen molar-refractivity contribution in [3.05, 3.63) is 23.9 Å². The minimum absolute atomic E-state index is 0.503. The van der Waals surface area contributed by atoms with Crippen LogP contribution in [-0.2, 0) is 11.2 Å². The Balaban J connectivity index is 1.58. The quantitative estimate of drug-likeness (QED) is 0.324. The lowest BCUT2D eigenvalue weighted by molar-refractivity contribution is 0.210. The molecule has 10 nitrogen and oxygen atoms in total. The van der Waals surface area contributed by atoms with E-state index < -0.39 is 0 Å². The largest absolute Gasteiger partial charge is 0.493 e. The van der Waals surface area contributed by atoms with E-state index in [2.05, 4.69) is 37.6 Å². The number of anilines is 3. The van der Waals surface area contributed by atoms with E-state index >= 15 is 0 Å². The van der Waals surface area contributed by atoms with Crippen LogP contribution in [0.4, 0.5) is 17.6 Å². The molecule has 0 aliphatic carbocycles. The lowest BCUT2D eigenvalue weighted by Gasteiger charge is -2.16. The van der Waals surface area contributed by atoms with Crippen LogP contribution in [0.5, 0.6) is 11.5 Å². The average Bonchev–Trinajstić information content (AvgIpc) is 3.53. The van der Waals surface area contributed by atoms with Crippen LogP contribution in [0, 0.1) is 0 Å². The summed E-state index contributed by atoms with van der Waals surface area (Å²) in [5.41, 5.74) is 1.79. The highest BCUT2D eigenvalue weighted by Gasteiger charge is 2.16. The predicted molar refractivity (Wildman–Crippen MR) is 133 cm³/mol. The van der Waals surface area contributed by atoms with Gasteiger partial charge in [-0.25, -0.2) is 4.98 Å². The fraction of sp³-hybridized carbons (Fsp3) is 0.542. The van der Waals surface area contributed by atoms with Gasteiger partial charge in [0.25, 0.3) is 0 Å². The summed E-state index contributed by atoms with van der Waals surface area (Å²) in [6.07, 6.45) is 4.44. The van der Waals surface area contributed by atoms with E-state index in [0.29, 0.717) is 48.8 Å². The Labute approximate surface area is 200 Å². The van der Waals surface area contributed by atoms with Gasteiger partial charge in [-0.1, -0.05) is 6.92 Å². The molecule has 1 aromatic carbocycles. The summed E-state index contributed by atoms with van der Waals surface area (Å²) in [6.45, 7) is 7.30. The average molecular weight is 470 g/mol. The molecule has 2 aromatic heterocycles. The van der Waals surface area contributed by atoms with E-state index in [9.17, 15) is 0 Å². The zero-order valence-corrected chi connectivity index (χ0v) is 20.3. The minimum atomic E-state index is 0.503. The maximum atomic E-state index is 6.12. The summed E-state index contributed by atoms with van der Waals surface area (Å²) in [7, 11) is 3.31. The fourth-order valence-electron chi connectivity index (χ4n) is 4.05. The van der Waals surface area contributed by atoms with Gasteiger partial charge in [-0.2, -0.15) is 10.1 Å². The third kappa shape index (κ3) is 6.06. The van der Waals surface area contributed by atoms with Gasteiger partial charge in [0.05, 0.1) is 25.8 Å². The van der Waals surface area contributed by atoms with Crippen LogP contribution >= 0.6 is 0 Å². The molecule has 4 rings (SSSR count). The first kappa shape index (κ1) is 24.0. The van der Waals surface area contributed by atoms with Crippen molar-refractivity contribution in [3.8, 4) is 11.5 Å². The summed E-state index contributed by atoms with van der Waals surface area (Å²) in [6, 6.07) is 5.81. The van der Waals surface area contributed by atoms with Gasteiger partial charge in [0.2, 0.25) is 5.95 Å². The number of hydrogen-bond acceptors (Lipinski definition) is 9. The van der Waals surface area contributed by atoms with Gasteiger partial charge in [0.1, 0.15) is 5.82 Å². The molecule has 10 heteroatoms. The third-order valence-corrected chi connectivity index (χ3v) is 5.90. The van der Waals surface area contributed by atoms with Gasteiger partial charge in [-0.05, 0) is 44.8 Å². The molecule has 1 fully saturated rings. The molecule has 1 aliphatic heterocycles. The first-order chi connectivity index (χ1) is 16.7. The van der Waals surface area contributed by atoms with Crippen LogP contribution in [0.1, 0.15) is 31.9 Å². The van der Waals surface area contributed by atoms with E-state index in [0.717, 1.165) is 36.0 Å². The lowest BCUT2D eigenvalue weighted by Crippen LogP contribution is -2.21. The van der Waals surface area contributed by atoms with E-state index in [1.807, 2.05) is 18.2 Å². The highest BCUT2D eigenvalue weighted by molar-refractivity contribution is 5.94. The number of rotatable bonds is 13. The van der Waals surface area contributed by atoms with Crippen molar-refractivity contribution in [1.82, 2.24) is 25.1 Å². The number of ether oxygens (including phenoxy) is 3. The molecular formula is C24H35N7O3. The Morgan fingerprint density at radius 3 is 2.65 bits per heavy atom. The second-order valence-corrected chi connectivity index (χ2v) is 8.34. The number of nitrogens with zero attached hydrogens (tertiary/aromatic N) is 4. The van der Waals surface area contributed by atoms with Crippen LogP contribution < -0.4 is 20.1 Å². The van der Waals surface area contributed by atoms with Crippen LogP contribution in [0.15, 0.2) is 18.2 Å². The maximum Gasteiger partial charge on any atom is 0.225 e. The number of nitrogens with one attached hydrogen (secondary N) is 3. The van der Waals surface area contributed by atoms with Crippen LogP contribution in [0.3, 0.4) is 0 Å². The first-order valence-corrected chi connectivity index (χ1v) is 12.0. The highest BCUT2D eigenvalue weighted by atomic mass is 16.5. The zero-order chi connectivity index (χ0) is 23.8. The number of fused-ring (bicyclic) bond motifs is 1. The monoisotopic (exact) mass is 469 g/mol. The summed E-state index contributed by atoms with van der Waals surface area (Å²) < 4.78 is 16.9. The predicted octanol–water partition coefficient (Wildman–Crippen LogP) is 3.59. The molecule has 0 saturated carbocycles. The number of benzene rings is 1. The fourth-order valence-corrected chi connectivity index (χ4v) is 4.05. The molecule has 0 bridgehead atoms. The smallest absolute Gasteiger partial charge is 0.225 e. The molecule has 184 valence electrons. The molecule has 3 heterocycles. The van der Waals surface area contributed by atoms with E-state index in [1.165, 1.54) is 25.9 Å². The Hall–Kier alpha value is -3.11. The molecule has 34 heavy (non-hydrogen) atoms. The van der Waals surface area contributed by atoms with Crippen molar-refractivity contribution in [2.24, 2.45) is 0 Å². The normalized spacial score (nSPS) is 14.0. The van der Waals surface area contributed by atoms with Crippen LogP contribution in [0.2, 0.25) is 0 Å². The number of aromatic amines is 1. The molecule has 0 radical (unpaired) electrons. The highest BCUT2D eigenvalue weighted by Crippen LogP contribution is 2.35. The molecular weight excluding hydrogens is 434 g/mol. The van der Waals surface area contributed by atoms with Gasteiger partial charge in [-0.15, -0.1) is 0 Å². The summed E-state index contributed by atoms with van der Waals surface area (Å²) in [4.78, 5) is 11.9. The SMILES string of the molecule is CCc1cc(Nc2nc(NCCOC)nc3cc(OCCCN4CCCC4)c(OC)cc23)n[nH]1. The van der Waals surface area contributed by atoms with Gasteiger partial charge >= 0.3 is 0 Å². The maximum absolute atomic E-state index is 6.12. The Morgan fingerprint density at radius 1 is 1.06 bits per heavy atom. The van der Waals surface area contributed by atoms with Crippen molar-refractivity contribution in [1.29, 1.82) is 0 Å². The van der Waals surface area contributed by atoms with Gasteiger partial charge < -0.3 is 29.7 Å². The molecule has 0 spiro atoms. The lowest BCUT2D eigenvalue weighted by atomic mass is 10.2. The molecule has 3 aromatic rings. The summed E-state index contributed by atoms with van der Waals surface area (Å²) in [5, 5.41) is 14.7. The minimum Gasteiger partial charge on any atom is -0.493 e. The summed E-state index contributed by atoms with van der Waals surface area (Å²) in [5.74, 6) is 3.16. The summed E-state index contributed by atoms with van der Waals surface area (Å²) >= 11 is 0. The van der Waals surface area contributed by atoms with Gasteiger partial charge in [0, 0.05) is 43.4 Å². The molecule has 1 aliphatic rings. The van der Waals surface area contributed by atoms with Crippen molar-refractivity contribution < 1.29 is 14.2 Å². The Kier molecular flexibility index (Phi) is 8.37. The van der Waals surface area contributed by atoms with Crippen molar-refractivity contribution in [2.75, 3.05) is 64.2 Å². The van der Waals surface area contributed by atoms with Crippen molar-refractivity contribution in [2.45, 2.75) is 32.6 Å². The van der Waals surface area contributed by atoms with E-state index in [4.69, 9.17) is 19.2 Å². The van der Waals surface area contributed by atoms with Gasteiger partial charge in [-0.3, -0.25) is 5.10 Å². The molecule has 0 unspecified atom stereocenters. The van der Waals surface area contributed by atoms with E-state index in [-0.39, 0.29) is 0 Å². The van der Waals surface area contributed by atoms with E-state index in [1.54, 1.807) is 14.2 Å². The number of H-pyrrole nitrogens is 1. The second-order valence-electron chi connectivity index (χ2n) is 8.34. The molecule has 1 saturated heterocycles. The first-order valence-electron chi connectivity index (χ1n) is 12.0. The zero-order valence-electron chi connectivity index (χ0n) is 20.3. The number of likely N-dealkylation sites (tertiary alicyclic amines) is 1. The topological polar surface area (TPSA) is 109 Å². The molecule has 0 amide bonds. The number of aromatic nitrogens is 4.